The van der Waals surface area contributed by atoms with Gasteiger partial charge in [0.1, 0.15) is 17.3 Å². The lowest BCUT2D eigenvalue weighted by Crippen LogP contribution is -2.30. The molecule has 1 unspecified atom stereocenters. The molecular formula is C19H20FNO5. The Kier molecular flexibility index (Phi) is 6.96. The maximum Gasteiger partial charge on any atom is 0.303 e. The van der Waals surface area contributed by atoms with Gasteiger partial charge in [0.15, 0.2) is 6.10 Å². The van der Waals surface area contributed by atoms with Gasteiger partial charge in [-0.15, -0.1) is 0 Å². The first-order chi connectivity index (χ1) is 12.4. The quantitative estimate of drug-likeness (QED) is 0.668. The van der Waals surface area contributed by atoms with Gasteiger partial charge in [-0.25, -0.2) is 4.39 Å². The van der Waals surface area contributed by atoms with Crippen LogP contribution in [0.2, 0.25) is 0 Å². The number of carbonyl (C=O) groups excluding carboxylic acids is 1. The highest BCUT2D eigenvalue weighted by atomic mass is 19.1. The highest BCUT2D eigenvalue weighted by molar-refractivity contribution is 5.94. The van der Waals surface area contributed by atoms with Crippen LogP contribution in [-0.4, -0.2) is 29.7 Å². The molecule has 0 heterocycles. The van der Waals surface area contributed by atoms with E-state index in [1.165, 1.54) is 18.2 Å². The van der Waals surface area contributed by atoms with E-state index >= 15 is 0 Å². The zero-order valence-corrected chi connectivity index (χ0v) is 14.3. The van der Waals surface area contributed by atoms with E-state index in [2.05, 4.69) is 5.32 Å². The van der Waals surface area contributed by atoms with E-state index in [9.17, 15) is 14.0 Å². The van der Waals surface area contributed by atoms with Gasteiger partial charge in [0, 0.05) is 18.2 Å². The fourth-order valence-electron chi connectivity index (χ4n) is 2.09. The summed E-state index contributed by atoms with van der Waals surface area (Å²) < 4.78 is 24.0. The van der Waals surface area contributed by atoms with E-state index in [4.69, 9.17) is 14.6 Å². The summed E-state index contributed by atoms with van der Waals surface area (Å²) in [7, 11) is 0. The number of halogens is 1. The molecule has 0 radical (unpaired) electrons. The molecule has 0 aromatic heterocycles. The Hall–Kier alpha value is -3.09. The standard InChI is InChI=1S/C19H20FNO5/c1-13(26-17-5-2-4-14(20)12-17)19(24)21-15-7-9-16(10-8-15)25-11-3-6-18(22)23/h2,4-5,7-10,12-13H,3,6,11H2,1H3,(H,21,24)(H,22,23). The second-order valence-electron chi connectivity index (χ2n) is 5.58. The number of aliphatic carboxylic acids is 1. The van der Waals surface area contributed by atoms with E-state index in [0.717, 1.165) is 0 Å². The first-order valence-electron chi connectivity index (χ1n) is 8.12. The first-order valence-corrected chi connectivity index (χ1v) is 8.12. The van der Waals surface area contributed by atoms with Crippen LogP contribution in [0, 0.1) is 5.82 Å². The third-order valence-corrected chi connectivity index (χ3v) is 3.40. The van der Waals surface area contributed by atoms with Gasteiger partial charge in [-0.3, -0.25) is 9.59 Å². The lowest BCUT2D eigenvalue weighted by molar-refractivity contribution is -0.137. The van der Waals surface area contributed by atoms with Crippen molar-refractivity contribution in [2.45, 2.75) is 25.9 Å². The minimum Gasteiger partial charge on any atom is -0.494 e. The van der Waals surface area contributed by atoms with Gasteiger partial charge in [0.2, 0.25) is 0 Å². The molecule has 2 rings (SSSR count). The summed E-state index contributed by atoms with van der Waals surface area (Å²) in [6.07, 6.45) is -0.330. The summed E-state index contributed by atoms with van der Waals surface area (Å²) in [6.45, 7) is 1.87. The summed E-state index contributed by atoms with van der Waals surface area (Å²) in [5.41, 5.74) is 0.558. The van der Waals surface area contributed by atoms with Crippen molar-refractivity contribution in [3.8, 4) is 11.5 Å². The maximum absolute atomic E-state index is 13.1. The van der Waals surface area contributed by atoms with Crippen molar-refractivity contribution in [3.05, 3.63) is 54.3 Å². The Morgan fingerprint density at radius 2 is 1.88 bits per heavy atom. The zero-order valence-electron chi connectivity index (χ0n) is 14.3. The van der Waals surface area contributed by atoms with Crippen molar-refractivity contribution < 1.29 is 28.6 Å². The van der Waals surface area contributed by atoms with Crippen molar-refractivity contribution >= 4 is 17.6 Å². The Morgan fingerprint density at radius 3 is 2.54 bits per heavy atom. The van der Waals surface area contributed by atoms with Crippen molar-refractivity contribution in [1.82, 2.24) is 0 Å². The summed E-state index contributed by atoms with van der Waals surface area (Å²) in [6, 6.07) is 12.3. The number of carboxylic acids is 1. The van der Waals surface area contributed by atoms with Crippen LogP contribution >= 0.6 is 0 Å². The number of anilines is 1. The predicted octanol–water partition coefficient (Wildman–Crippen LogP) is 3.48. The van der Waals surface area contributed by atoms with Crippen LogP contribution in [0.15, 0.2) is 48.5 Å². The number of rotatable bonds is 9. The van der Waals surface area contributed by atoms with Gasteiger partial charge in [-0.2, -0.15) is 0 Å². The van der Waals surface area contributed by atoms with Crippen molar-refractivity contribution in [3.63, 3.8) is 0 Å². The molecule has 0 fully saturated rings. The molecule has 0 saturated carbocycles. The predicted molar refractivity (Wildman–Crippen MR) is 93.9 cm³/mol. The van der Waals surface area contributed by atoms with Gasteiger partial charge in [-0.1, -0.05) is 6.07 Å². The van der Waals surface area contributed by atoms with Crippen LogP contribution in [-0.2, 0) is 9.59 Å². The van der Waals surface area contributed by atoms with Crippen molar-refractivity contribution in [2.75, 3.05) is 11.9 Å². The summed E-state index contributed by atoms with van der Waals surface area (Å²) in [5, 5.41) is 11.3. The molecule has 0 aliphatic heterocycles. The van der Waals surface area contributed by atoms with E-state index in [1.807, 2.05) is 0 Å². The largest absolute Gasteiger partial charge is 0.494 e. The number of benzene rings is 2. The van der Waals surface area contributed by atoms with Gasteiger partial charge in [0.25, 0.3) is 5.91 Å². The zero-order chi connectivity index (χ0) is 18.9. The number of hydrogen-bond acceptors (Lipinski definition) is 4. The third kappa shape index (κ3) is 6.43. The highest BCUT2D eigenvalue weighted by Gasteiger charge is 2.15. The van der Waals surface area contributed by atoms with Gasteiger partial charge >= 0.3 is 5.97 Å². The number of hydrogen-bond donors (Lipinski definition) is 2. The Morgan fingerprint density at radius 1 is 1.15 bits per heavy atom. The second kappa shape index (κ2) is 9.41. The third-order valence-electron chi connectivity index (χ3n) is 3.40. The SMILES string of the molecule is CC(Oc1cccc(F)c1)C(=O)Nc1ccc(OCCCC(=O)O)cc1. The summed E-state index contributed by atoms with van der Waals surface area (Å²) in [5.74, 6) is -0.810. The molecule has 7 heteroatoms. The van der Waals surface area contributed by atoms with Crippen molar-refractivity contribution in [2.24, 2.45) is 0 Å². The number of amides is 1. The molecule has 2 aromatic carbocycles. The molecule has 0 spiro atoms. The monoisotopic (exact) mass is 361 g/mol. The van der Waals surface area contributed by atoms with Crippen LogP contribution in [0.3, 0.4) is 0 Å². The molecule has 26 heavy (non-hydrogen) atoms. The van der Waals surface area contributed by atoms with E-state index < -0.39 is 17.9 Å². The first kappa shape index (κ1) is 19.2. The van der Waals surface area contributed by atoms with Crippen LogP contribution in [0.5, 0.6) is 11.5 Å². The molecule has 2 N–H and O–H groups in total. The lowest BCUT2D eigenvalue weighted by atomic mass is 10.2. The molecule has 0 aliphatic rings. The molecule has 1 amide bonds. The fourth-order valence-corrected chi connectivity index (χ4v) is 2.09. The van der Waals surface area contributed by atoms with Crippen LogP contribution in [0.4, 0.5) is 10.1 Å². The van der Waals surface area contributed by atoms with Crippen LogP contribution in [0.1, 0.15) is 19.8 Å². The van der Waals surface area contributed by atoms with E-state index in [-0.39, 0.29) is 18.1 Å². The number of ether oxygens (including phenoxy) is 2. The van der Waals surface area contributed by atoms with Crippen LogP contribution in [0.25, 0.3) is 0 Å². The number of nitrogens with one attached hydrogen (secondary N) is 1. The molecule has 0 aliphatic carbocycles. The van der Waals surface area contributed by atoms with E-state index in [0.29, 0.717) is 24.5 Å². The Labute approximate surface area is 150 Å². The fraction of sp³-hybridized carbons (Fsp3) is 0.263. The van der Waals surface area contributed by atoms with Gasteiger partial charge in [-0.05, 0) is 49.7 Å². The maximum atomic E-state index is 13.1. The van der Waals surface area contributed by atoms with Gasteiger partial charge in [0.05, 0.1) is 6.61 Å². The minimum absolute atomic E-state index is 0.0529. The minimum atomic E-state index is -0.860. The van der Waals surface area contributed by atoms with E-state index in [1.54, 1.807) is 37.3 Å². The van der Waals surface area contributed by atoms with Gasteiger partial charge < -0.3 is 19.9 Å². The summed E-state index contributed by atoms with van der Waals surface area (Å²) in [4.78, 5) is 22.6. The lowest BCUT2D eigenvalue weighted by Gasteiger charge is -2.15. The summed E-state index contributed by atoms with van der Waals surface area (Å²) >= 11 is 0. The molecule has 138 valence electrons. The molecule has 0 bridgehead atoms. The number of carbonyl (C=O) groups is 2. The van der Waals surface area contributed by atoms with Crippen LogP contribution < -0.4 is 14.8 Å². The molecular weight excluding hydrogens is 341 g/mol. The molecule has 6 nitrogen and oxygen atoms in total. The Balaban J connectivity index is 1.81. The van der Waals surface area contributed by atoms with Crippen molar-refractivity contribution in [1.29, 1.82) is 0 Å². The highest BCUT2D eigenvalue weighted by Crippen LogP contribution is 2.18. The molecule has 1 atom stereocenters. The molecule has 0 saturated heterocycles. The Bertz CT molecular complexity index is 748. The number of carboxylic acid groups (broad SMARTS) is 1. The average Bonchev–Trinajstić information content (AvgIpc) is 2.60. The molecule has 2 aromatic rings. The average molecular weight is 361 g/mol. The normalized spacial score (nSPS) is 11.5. The topological polar surface area (TPSA) is 84.9 Å². The second-order valence-corrected chi connectivity index (χ2v) is 5.58. The smallest absolute Gasteiger partial charge is 0.303 e.